The Hall–Kier alpha value is -1.89. The number of guanidine groups is 1. The van der Waals surface area contributed by atoms with Crippen molar-refractivity contribution in [1.29, 1.82) is 0 Å². The van der Waals surface area contributed by atoms with Gasteiger partial charge in [-0.15, -0.1) is 10.2 Å². The third kappa shape index (κ3) is 3.63. The van der Waals surface area contributed by atoms with Crippen LogP contribution in [0.15, 0.2) is 33.7 Å². The van der Waals surface area contributed by atoms with E-state index in [0.717, 1.165) is 54.6 Å². The molecule has 2 N–H and O–H groups in total. The van der Waals surface area contributed by atoms with Crippen LogP contribution in [0.3, 0.4) is 0 Å². The van der Waals surface area contributed by atoms with Crippen LogP contribution >= 0.6 is 15.9 Å². The lowest BCUT2D eigenvalue weighted by molar-refractivity contribution is 0.642. The number of aryl methyl sites for hydroxylation is 1. The minimum absolute atomic E-state index is 0.232. The smallest absolute Gasteiger partial charge is 0.191 e. The molecule has 138 valence electrons. The summed E-state index contributed by atoms with van der Waals surface area (Å²) < 4.78 is 3.35. The summed E-state index contributed by atoms with van der Waals surface area (Å²) in [6.45, 7) is 5.41. The van der Waals surface area contributed by atoms with Crippen LogP contribution in [0.25, 0.3) is 0 Å². The minimum atomic E-state index is 0.232. The van der Waals surface area contributed by atoms with E-state index >= 15 is 0 Å². The fourth-order valence-corrected chi connectivity index (χ4v) is 4.01. The normalized spacial score (nSPS) is 17.8. The molecule has 1 aliphatic carbocycles. The monoisotopic (exact) mass is 416 g/mol. The van der Waals surface area contributed by atoms with Crippen LogP contribution in [0.2, 0.25) is 0 Å². The molecule has 0 radical (unpaired) electrons. The quantitative estimate of drug-likeness (QED) is 0.561. The largest absolute Gasteiger partial charge is 0.357 e. The van der Waals surface area contributed by atoms with Gasteiger partial charge in [0.1, 0.15) is 12.4 Å². The molecule has 1 fully saturated rings. The van der Waals surface area contributed by atoms with Crippen molar-refractivity contribution in [1.82, 2.24) is 25.4 Å². The Labute approximate surface area is 162 Å². The Kier molecular flexibility index (Phi) is 4.98. The molecule has 0 atom stereocenters. The van der Waals surface area contributed by atoms with E-state index in [1.807, 2.05) is 0 Å². The number of nitrogens with one attached hydrogen (secondary N) is 2. The van der Waals surface area contributed by atoms with E-state index in [9.17, 15) is 0 Å². The van der Waals surface area contributed by atoms with Gasteiger partial charge in [-0.3, -0.25) is 0 Å². The highest BCUT2D eigenvalue weighted by atomic mass is 79.9. The second-order valence-corrected chi connectivity index (χ2v) is 8.04. The van der Waals surface area contributed by atoms with Gasteiger partial charge in [0.25, 0.3) is 0 Å². The number of hydrogen-bond donors (Lipinski definition) is 2. The summed E-state index contributed by atoms with van der Waals surface area (Å²) in [5, 5.41) is 15.4. The molecule has 26 heavy (non-hydrogen) atoms. The molecule has 2 aromatic rings. The molecule has 2 aliphatic rings. The molecule has 0 bridgehead atoms. The van der Waals surface area contributed by atoms with Crippen molar-refractivity contribution in [3.63, 3.8) is 0 Å². The number of benzene rings is 1. The van der Waals surface area contributed by atoms with E-state index in [-0.39, 0.29) is 5.41 Å². The van der Waals surface area contributed by atoms with Crippen LogP contribution in [-0.2, 0) is 24.9 Å². The maximum absolute atomic E-state index is 4.74. The molecule has 0 saturated heterocycles. The molecule has 1 aliphatic heterocycles. The Bertz CT molecular complexity index is 808. The Morgan fingerprint density at radius 3 is 2.96 bits per heavy atom. The van der Waals surface area contributed by atoms with E-state index in [0.29, 0.717) is 6.54 Å². The first-order valence-corrected chi connectivity index (χ1v) is 10.2. The molecule has 1 aromatic heterocycles. The Morgan fingerprint density at radius 2 is 2.19 bits per heavy atom. The highest BCUT2D eigenvalue weighted by molar-refractivity contribution is 9.10. The zero-order valence-electron chi connectivity index (χ0n) is 15.1. The second kappa shape index (κ2) is 7.39. The Morgan fingerprint density at radius 1 is 1.31 bits per heavy atom. The summed E-state index contributed by atoms with van der Waals surface area (Å²) in [5.41, 5.74) is 1.63. The van der Waals surface area contributed by atoms with Crippen molar-refractivity contribution in [2.24, 2.45) is 4.99 Å². The van der Waals surface area contributed by atoms with Gasteiger partial charge in [-0.05, 0) is 43.9 Å². The number of aromatic nitrogens is 3. The summed E-state index contributed by atoms with van der Waals surface area (Å²) in [6.07, 6.45) is 4.63. The first-order chi connectivity index (χ1) is 12.7. The standard InChI is InChI=1S/C19H25BrN6/c1-2-21-18(22-12-17-25-24-16-7-4-10-26(16)17)23-13-19(8-9-19)14-5-3-6-15(20)11-14/h3,5-6,11H,2,4,7-10,12-13H2,1H3,(H2,21,22,23). The lowest BCUT2D eigenvalue weighted by Gasteiger charge is -2.19. The summed E-state index contributed by atoms with van der Waals surface area (Å²) in [6, 6.07) is 8.65. The second-order valence-electron chi connectivity index (χ2n) is 7.13. The summed E-state index contributed by atoms with van der Waals surface area (Å²) >= 11 is 3.59. The highest BCUT2D eigenvalue weighted by Crippen LogP contribution is 2.48. The van der Waals surface area contributed by atoms with Gasteiger partial charge in [0.2, 0.25) is 0 Å². The maximum atomic E-state index is 4.74. The number of hydrogen-bond acceptors (Lipinski definition) is 3. The van der Waals surface area contributed by atoms with Crippen LogP contribution in [0.4, 0.5) is 0 Å². The molecule has 0 spiro atoms. The number of aliphatic imine (C=N–C) groups is 1. The summed E-state index contributed by atoms with van der Waals surface area (Å²) in [5.74, 6) is 2.91. The van der Waals surface area contributed by atoms with E-state index < -0.39 is 0 Å². The minimum Gasteiger partial charge on any atom is -0.357 e. The average molecular weight is 417 g/mol. The first-order valence-electron chi connectivity index (χ1n) is 9.39. The Balaban J connectivity index is 1.42. The van der Waals surface area contributed by atoms with E-state index in [1.54, 1.807) is 0 Å². The number of nitrogens with zero attached hydrogens (tertiary/aromatic N) is 4. The highest BCUT2D eigenvalue weighted by Gasteiger charge is 2.44. The number of rotatable bonds is 6. The lowest BCUT2D eigenvalue weighted by atomic mass is 9.96. The maximum Gasteiger partial charge on any atom is 0.191 e. The first kappa shape index (κ1) is 17.5. The van der Waals surface area contributed by atoms with Crippen molar-refractivity contribution in [2.45, 2.75) is 51.1 Å². The van der Waals surface area contributed by atoms with Gasteiger partial charge in [0.15, 0.2) is 11.8 Å². The third-order valence-corrected chi connectivity index (χ3v) is 5.79. The molecule has 4 rings (SSSR count). The van der Waals surface area contributed by atoms with E-state index in [2.05, 4.69) is 72.5 Å². The van der Waals surface area contributed by atoms with E-state index in [4.69, 9.17) is 4.99 Å². The van der Waals surface area contributed by atoms with Gasteiger partial charge in [0, 0.05) is 35.9 Å². The molecule has 1 saturated carbocycles. The van der Waals surface area contributed by atoms with Gasteiger partial charge in [-0.2, -0.15) is 0 Å². The van der Waals surface area contributed by atoms with Gasteiger partial charge in [-0.25, -0.2) is 4.99 Å². The van der Waals surface area contributed by atoms with Crippen LogP contribution in [-0.4, -0.2) is 33.8 Å². The third-order valence-electron chi connectivity index (χ3n) is 5.29. The average Bonchev–Trinajstić information content (AvgIpc) is 3.11. The number of halogens is 1. The fourth-order valence-electron chi connectivity index (χ4n) is 3.61. The molecule has 0 unspecified atom stereocenters. The fraction of sp³-hybridized carbons (Fsp3) is 0.526. The molecular formula is C19H25BrN6. The predicted octanol–water partition coefficient (Wildman–Crippen LogP) is 2.77. The molecule has 1 aromatic carbocycles. The van der Waals surface area contributed by atoms with Gasteiger partial charge >= 0.3 is 0 Å². The van der Waals surface area contributed by atoms with Gasteiger partial charge in [0.05, 0.1) is 0 Å². The lowest BCUT2D eigenvalue weighted by Crippen LogP contribution is -2.41. The van der Waals surface area contributed by atoms with Crippen LogP contribution in [0.5, 0.6) is 0 Å². The molecule has 2 heterocycles. The van der Waals surface area contributed by atoms with Crippen LogP contribution < -0.4 is 10.6 Å². The van der Waals surface area contributed by atoms with Crippen molar-refractivity contribution < 1.29 is 0 Å². The van der Waals surface area contributed by atoms with Gasteiger partial charge in [-0.1, -0.05) is 28.1 Å². The summed E-state index contributed by atoms with van der Waals surface area (Å²) in [7, 11) is 0. The number of fused-ring (bicyclic) bond motifs is 1. The van der Waals surface area contributed by atoms with Crippen molar-refractivity contribution in [2.75, 3.05) is 13.1 Å². The van der Waals surface area contributed by atoms with Gasteiger partial charge < -0.3 is 15.2 Å². The molecule has 0 amide bonds. The molecule has 7 heteroatoms. The van der Waals surface area contributed by atoms with E-state index in [1.165, 1.54) is 18.4 Å². The summed E-state index contributed by atoms with van der Waals surface area (Å²) in [4.78, 5) is 4.74. The zero-order chi connectivity index (χ0) is 18.0. The van der Waals surface area contributed by atoms with Crippen molar-refractivity contribution in [3.8, 4) is 0 Å². The van der Waals surface area contributed by atoms with Crippen LogP contribution in [0, 0.1) is 0 Å². The molecular weight excluding hydrogens is 392 g/mol. The molecule has 6 nitrogen and oxygen atoms in total. The topological polar surface area (TPSA) is 67.1 Å². The SMILES string of the molecule is CCNC(=NCc1nnc2n1CCC2)NCC1(c2cccc(Br)c2)CC1. The predicted molar refractivity (Wildman–Crippen MR) is 106 cm³/mol. The zero-order valence-corrected chi connectivity index (χ0v) is 16.7. The van der Waals surface area contributed by atoms with Crippen molar-refractivity contribution in [3.05, 3.63) is 46.0 Å². The van der Waals surface area contributed by atoms with Crippen molar-refractivity contribution >= 4 is 21.9 Å². The van der Waals surface area contributed by atoms with Crippen LogP contribution in [0.1, 0.15) is 43.4 Å².